The number of sulfone groups is 1. The second-order valence-electron chi connectivity index (χ2n) is 6.63. The predicted octanol–water partition coefficient (Wildman–Crippen LogP) is 3.18. The Hall–Kier alpha value is -2.65. The van der Waals surface area contributed by atoms with Gasteiger partial charge in [-0.3, -0.25) is 4.79 Å². The Labute approximate surface area is 173 Å². The fourth-order valence-electron chi connectivity index (χ4n) is 2.86. The maximum atomic E-state index is 12.8. The number of rotatable bonds is 5. The molecule has 9 heteroatoms. The van der Waals surface area contributed by atoms with Crippen LogP contribution in [0.1, 0.15) is 24.2 Å². The molecule has 0 aliphatic carbocycles. The standard InChI is InChI=1S/C20H22N2O5S2/c1-12(2)29(24,25)14-8-6-7-13(11-14)19(23)21-20-22(3)17-15(26-4)9-10-16(27-5)18(17)28-20/h6-12H,1-5H3. The largest absolute Gasteiger partial charge is 0.495 e. The topological polar surface area (TPSA) is 87.0 Å². The van der Waals surface area contributed by atoms with E-state index in [1.807, 2.05) is 0 Å². The highest BCUT2D eigenvalue weighted by molar-refractivity contribution is 7.92. The summed E-state index contributed by atoms with van der Waals surface area (Å²) in [6.07, 6.45) is 0. The van der Waals surface area contributed by atoms with E-state index in [9.17, 15) is 13.2 Å². The number of ether oxygens (including phenoxy) is 2. The fraction of sp³-hybridized carbons (Fsp3) is 0.300. The number of methoxy groups -OCH3 is 2. The molecule has 0 unspecified atom stereocenters. The van der Waals surface area contributed by atoms with Gasteiger partial charge in [-0.1, -0.05) is 17.4 Å². The average Bonchev–Trinajstić information content (AvgIpc) is 3.03. The lowest BCUT2D eigenvalue weighted by molar-refractivity contribution is 0.0997. The van der Waals surface area contributed by atoms with E-state index < -0.39 is 21.0 Å². The van der Waals surface area contributed by atoms with Gasteiger partial charge in [-0.2, -0.15) is 4.99 Å². The average molecular weight is 435 g/mol. The molecule has 0 radical (unpaired) electrons. The van der Waals surface area contributed by atoms with Gasteiger partial charge < -0.3 is 14.0 Å². The molecule has 0 N–H and O–H groups in total. The van der Waals surface area contributed by atoms with Crippen molar-refractivity contribution in [3.63, 3.8) is 0 Å². The molecule has 2 aromatic carbocycles. The van der Waals surface area contributed by atoms with Gasteiger partial charge in [0.05, 0.1) is 24.4 Å². The van der Waals surface area contributed by atoms with E-state index in [1.165, 1.54) is 23.5 Å². The highest BCUT2D eigenvalue weighted by Gasteiger charge is 2.20. The zero-order valence-corrected chi connectivity index (χ0v) is 18.4. The van der Waals surface area contributed by atoms with Crippen LogP contribution in [0.5, 0.6) is 11.5 Å². The summed E-state index contributed by atoms with van der Waals surface area (Å²) in [6.45, 7) is 3.21. The molecule has 0 saturated heterocycles. The number of aromatic nitrogens is 1. The highest BCUT2D eigenvalue weighted by atomic mass is 32.2. The monoisotopic (exact) mass is 434 g/mol. The fourth-order valence-corrected chi connectivity index (χ4v) is 5.09. The van der Waals surface area contributed by atoms with Crippen LogP contribution in [0.2, 0.25) is 0 Å². The van der Waals surface area contributed by atoms with Gasteiger partial charge >= 0.3 is 0 Å². The van der Waals surface area contributed by atoms with Gasteiger partial charge in [0.2, 0.25) is 0 Å². The summed E-state index contributed by atoms with van der Waals surface area (Å²) in [6, 6.07) is 9.55. The Morgan fingerprint density at radius 1 is 1.10 bits per heavy atom. The van der Waals surface area contributed by atoms with Gasteiger partial charge in [-0.25, -0.2) is 8.42 Å². The van der Waals surface area contributed by atoms with E-state index in [0.717, 1.165) is 10.2 Å². The van der Waals surface area contributed by atoms with Crippen LogP contribution < -0.4 is 14.3 Å². The zero-order chi connectivity index (χ0) is 21.3. The summed E-state index contributed by atoms with van der Waals surface area (Å²) in [5, 5.41) is -0.579. The van der Waals surface area contributed by atoms with E-state index in [4.69, 9.17) is 9.47 Å². The lowest BCUT2D eigenvalue weighted by Gasteiger charge is -2.08. The Balaban J connectivity index is 2.13. The molecule has 154 valence electrons. The van der Waals surface area contributed by atoms with Crippen molar-refractivity contribution in [2.24, 2.45) is 12.0 Å². The van der Waals surface area contributed by atoms with Crippen molar-refractivity contribution < 1.29 is 22.7 Å². The quantitative estimate of drug-likeness (QED) is 0.616. The number of carbonyl (C=O) groups is 1. The van der Waals surface area contributed by atoms with Crippen molar-refractivity contribution in [2.45, 2.75) is 24.0 Å². The Bertz CT molecular complexity index is 1250. The third kappa shape index (κ3) is 3.79. The lowest BCUT2D eigenvalue weighted by Crippen LogP contribution is -2.16. The van der Waals surface area contributed by atoms with Crippen LogP contribution in [0.4, 0.5) is 0 Å². The van der Waals surface area contributed by atoms with Crippen molar-refractivity contribution in [3.8, 4) is 11.5 Å². The summed E-state index contributed by atoms with van der Waals surface area (Å²) >= 11 is 1.29. The molecule has 0 aliphatic heterocycles. The summed E-state index contributed by atoms with van der Waals surface area (Å²) in [5.41, 5.74) is 0.975. The maximum absolute atomic E-state index is 12.8. The molecule has 1 aromatic heterocycles. The first-order valence-corrected chi connectivity index (χ1v) is 11.2. The number of carbonyl (C=O) groups excluding carboxylic acids is 1. The predicted molar refractivity (Wildman–Crippen MR) is 113 cm³/mol. The highest BCUT2D eigenvalue weighted by Crippen LogP contribution is 2.34. The molecule has 0 aliphatic rings. The van der Waals surface area contributed by atoms with Gasteiger partial charge in [-0.05, 0) is 44.2 Å². The molecule has 0 fully saturated rings. The van der Waals surface area contributed by atoms with Gasteiger partial charge in [0.25, 0.3) is 5.91 Å². The van der Waals surface area contributed by atoms with Crippen LogP contribution in [0, 0.1) is 0 Å². The molecule has 0 atom stereocenters. The summed E-state index contributed by atoms with van der Waals surface area (Å²) in [4.78, 5) is 17.5. The van der Waals surface area contributed by atoms with E-state index >= 15 is 0 Å². The minimum Gasteiger partial charge on any atom is -0.495 e. The second kappa shape index (κ2) is 8.00. The molecule has 0 bridgehead atoms. The molecule has 3 rings (SSSR count). The number of benzene rings is 2. The Morgan fingerprint density at radius 3 is 2.38 bits per heavy atom. The number of amides is 1. The molecule has 3 aromatic rings. The van der Waals surface area contributed by atoms with Gasteiger partial charge in [0.15, 0.2) is 14.6 Å². The minimum atomic E-state index is -3.48. The number of fused-ring (bicyclic) bond motifs is 1. The van der Waals surface area contributed by atoms with Crippen LogP contribution in [-0.4, -0.2) is 38.4 Å². The SMILES string of the molecule is COc1ccc(OC)c2c1sc(=NC(=O)c1cccc(S(=O)(=O)C(C)C)c1)n2C. The number of hydrogen-bond donors (Lipinski definition) is 0. The summed E-state index contributed by atoms with van der Waals surface area (Å²) < 4.78 is 38.2. The van der Waals surface area contributed by atoms with Crippen LogP contribution in [-0.2, 0) is 16.9 Å². The van der Waals surface area contributed by atoms with Crippen LogP contribution >= 0.6 is 11.3 Å². The number of hydrogen-bond acceptors (Lipinski definition) is 6. The molecule has 1 heterocycles. The summed E-state index contributed by atoms with van der Waals surface area (Å²) in [7, 11) is 1.45. The number of nitrogens with zero attached hydrogens (tertiary/aromatic N) is 2. The maximum Gasteiger partial charge on any atom is 0.279 e. The normalized spacial score (nSPS) is 12.6. The zero-order valence-electron chi connectivity index (χ0n) is 16.8. The van der Waals surface area contributed by atoms with Crippen molar-refractivity contribution in [1.29, 1.82) is 0 Å². The van der Waals surface area contributed by atoms with Gasteiger partial charge in [-0.15, -0.1) is 0 Å². The van der Waals surface area contributed by atoms with Crippen molar-refractivity contribution in [1.82, 2.24) is 4.57 Å². The van der Waals surface area contributed by atoms with Crippen molar-refractivity contribution in [2.75, 3.05) is 14.2 Å². The van der Waals surface area contributed by atoms with Gasteiger partial charge in [0.1, 0.15) is 21.7 Å². The Morgan fingerprint density at radius 2 is 1.76 bits per heavy atom. The summed E-state index contributed by atoms with van der Waals surface area (Å²) in [5.74, 6) is 0.768. The number of thiazole rings is 1. The molecule has 0 spiro atoms. The third-order valence-electron chi connectivity index (χ3n) is 4.54. The molecule has 7 nitrogen and oxygen atoms in total. The first kappa shape index (κ1) is 21.1. The minimum absolute atomic E-state index is 0.109. The van der Waals surface area contributed by atoms with Gasteiger partial charge in [0, 0.05) is 12.6 Å². The first-order chi connectivity index (χ1) is 13.7. The molecule has 1 amide bonds. The third-order valence-corrected chi connectivity index (χ3v) is 7.84. The molecular weight excluding hydrogens is 412 g/mol. The smallest absolute Gasteiger partial charge is 0.279 e. The molecule has 0 saturated carbocycles. The van der Waals surface area contributed by atoms with Crippen molar-refractivity contribution >= 4 is 37.3 Å². The van der Waals surface area contributed by atoms with E-state index in [2.05, 4.69) is 4.99 Å². The first-order valence-electron chi connectivity index (χ1n) is 8.84. The van der Waals surface area contributed by atoms with Crippen LogP contribution in [0.3, 0.4) is 0 Å². The Kier molecular flexibility index (Phi) is 5.81. The second-order valence-corrected chi connectivity index (χ2v) is 10.1. The lowest BCUT2D eigenvalue weighted by atomic mass is 10.2. The molecular formula is C20H22N2O5S2. The molecule has 29 heavy (non-hydrogen) atoms. The number of aryl methyl sites for hydroxylation is 1. The van der Waals surface area contributed by atoms with E-state index in [0.29, 0.717) is 16.3 Å². The van der Waals surface area contributed by atoms with E-state index in [-0.39, 0.29) is 10.5 Å². The van der Waals surface area contributed by atoms with Crippen molar-refractivity contribution in [3.05, 3.63) is 46.8 Å². The van der Waals surface area contributed by atoms with Crippen LogP contribution in [0.15, 0.2) is 46.3 Å². The van der Waals surface area contributed by atoms with Crippen LogP contribution in [0.25, 0.3) is 10.2 Å². The van der Waals surface area contributed by atoms with E-state index in [1.54, 1.807) is 63.9 Å².